The van der Waals surface area contributed by atoms with E-state index in [9.17, 15) is 9.59 Å². The van der Waals surface area contributed by atoms with Crippen molar-refractivity contribution in [3.05, 3.63) is 25.3 Å². The van der Waals surface area contributed by atoms with Crippen molar-refractivity contribution in [2.75, 3.05) is 18.8 Å². The smallest absolute Gasteiger partial charge is 0.246 e. The minimum Gasteiger partial charge on any atom is -0.333 e. The van der Waals surface area contributed by atoms with Gasteiger partial charge >= 0.3 is 0 Å². The monoisotopic (exact) mass is 280 g/mol. The van der Waals surface area contributed by atoms with Crippen LogP contribution in [0, 0.1) is 0 Å². The van der Waals surface area contributed by atoms with E-state index in [0.717, 1.165) is 6.42 Å². The van der Waals surface area contributed by atoms with Crippen LogP contribution in [0.1, 0.15) is 19.8 Å². The molecule has 5 heteroatoms. The Hall–Kier alpha value is -1.23. The van der Waals surface area contributed by atoms with Crippen LogP contribution in [0.3, 0.4) is 0 Å². The van der Waals surface area contributed by atoms with Crippen molar-refractivity contribution < 1.29 is 9.59 Å². The van der Waals surface area contributed by atoms with Gasteiger partial charge in [0.2, 0.25) is 11.8 Å². The standard InChI is InChI=1S/C14H20N2O2S/c1-4-8-15(9-5-2)13(18)11-10-19-14(3)7-6-12(17)16(11)14/h4-5,11H,1-2,6-10H2,3H3/t11-,14+/m0/s1. The number of hydrogen-bond donors (Lipinski definition) is 0. The Morgan fingerprint density at radius 1 is 1.53 bits per heavy atom. The fourth-order valence-electron chi connectivity index (χ4n) is 2.78. The SMILES string of the molecule is C=CCN(CC=C)C(=O)[C@@H]1CS[C@]2(C)CCC(=O)N12. The lowest BCUT2D eigenvalue weighted by Crippen LogP contribution is -2.51. The van der Waals surface area contributed by atoms with E-state index in [1.807, 2.05) is 0 Å². The summed E-state index contributed by atoms with van der Waals surface area (Å²) >= 11 is 1.71. The van der Waals surface area contributed by atoms with Gasteiger partial charge in [-0.1, -0.05) is 12.2 Å². The molecule has 2 amide bonds. The molecule has 0 aromatic heterocycles. The largest absolute Gasteiger partial charge is 0.333 e. The lowest BCUT2D eigenvalue weighted by Gasteiger charge is -2.32. The molecule has 0 saturated carbocycles. The Balaban J connectivity index is 2.17. The summed E-state index contributed by atoms with van der Waals surface area (Å²) in [6, 6.07) is -0.329. The van der Waals surface area contributed by atoms with Crippen molar-refractivity contribution in [3.63, 3.8) is 0 Å². The van der Waals surface area contributed by atoms with Gasteiger partial charge in [0.15, 0.2) is 0 Å². The fraction of sp³-hybridized carbons (Fsp3) is 0.571. The number of hydrogen-bond acceptors (Lipinski definition) is 3. The molecule has 19 heavy (non-hydrogen) atoms. The molecule has 2 saturated heterocycles. The number of carbonyl (C=O) groups excluding carboxylic acids is 2. The van der Waals surface area contributed by atoms with Gasteiger partial charge in [0.1, 0.15) is 6.04 Å². The van der Waals surface area contributed by atoms with E-state index in [-0.39, 0.29) is 22.7 Å². The van der Waals surface area contributed by atoms with Crippen molar-refractivity contribution >= 4 is 23.6 Å². The van der Waals surface area contributed by atoms with Gasteiger partial charge in [-0.2, -0.15) is 0 Å². The van der Waals surface area contributed by atoms with E-state index in [2.05, 4.69) is 20.1 Å². The fourth-order valence-corrected chi connectivity index (χ4v) is 4.20. The first kappa shape index (κ1) is 14.2. The zero-order valence-electron chi connectivity index (χ0n) is 11.3. The third-order valence-corrected chi connectivity index (χ3v) is 5.25. The molecular weight excluding hydrogens is 260 g/mol. The number of amides is 2. The average molecular weight is 280 g/mol. The minimum atomic E-state index is -0.329. The molecule has 0 unspecified atom stereocenters. The summed E-state index contributed by atoms with van der Waals surface area (Å²) in [5.41, 5.74) is 0. The summed E-state index contributed by atoms with van der Waals surface area (Å²) in [4.78, 5) is 27.9. The van der Waals surface area contributed by atoms with Crippen molar-refractivity contribution in [1.29, 1.82) is 0 Å². The summed E-state index contributed by atoms with van der Waals surface area (Å²) in [5, 5.41) is 0. The van der Waals surface area contributed by atoms with E-state index >= 15 is 0 Å². The molecule has 0 aromatic rings. The Morgan fingerprint density at radius 3 is 2.74 bits per heavy atom. The van der Waals surface area contributed by atoms with Crippen LogP contribution in [0.2, 0.25) is 0 Å². The number of rotatable bonds is 5. The normalized spacial score (nSPS) is 29.2. The van der Waals surface area contributed by atoms with E-state index in [0.29, 0.717) is 25.3 Å². The van der Waals surface area contributed by atoms with Crippen molar-refractivity contribution in [1.82, 2.24) is 9.80 Å². The highest BCUT2D eigenvalue weighted by molar-refractivity contribution is 8.01. The number of nitrogens with zero attached hydrogens (tertiary/aromatic N) is 2. The van der Waals surface area contributed by atoms with E-state index in [1.54, 1.807) is 33.7 Å². The van der Waals surface area contributed by atoms with E-state index in [4.69, 9.17) is 0 Å². The van der Waals surface area contributed by atoms with E-state index < -0.39 is 0 Å². The highest BCUT2D eigenvalue weighted by atomic mass is 32.2. The lowest BCUT2D eigenvalue weighted by atomic mass is 10.2. The second-order valence-corrected chi connectivity index (χ2v) is 6.59. The molecule has 4 nitrogen and oxygen atoms in total. The van der Waals surface area contributed by atoms with Gasteiger partial charge < -0.3 is 9.80 Å². The highest BCUT2D eigenvalue weighted by Crippen LogP contribution is 2.47. The Labute approximate surface area is 118 Å². The summed E-state index contributed by atoms with van der Waals surface area (Å²) in [6.45, 7) is 10.4. The van der Waals surface area contributed by atoms with E-state index in [1.165, 1.54) is 0 Å². The van der Waals surface area contributed by atoms with Crippen LogP contribution < -0.4 is 0 Å². The van der Waals surface area contributed by atoms with Crippen LogP contribution in [0.25, 0.3) is 0 Å². The average Bonchev–Trinajstić information content (AvgIpc) is 2.86. The molecule has 0 bridgehead atoms. The lowest BCUT2D eigenvalue weighted by molar-refractivity contribution is -0.143. The second-order valence-electron chi connectivity index (χ2n) is 5.09. The number of carbonyl (C=O) groups is 2. The third kappa shape index (κ3) is 2.43. The highest BCUT2D eigenvalue weighted by Gasteiger charge is 2.53. The van der Waals surface area contributed by atoms with Crippen LogP contribution in [-0.2, 0) is 9.59 Å². The molecule has 0 aromatic carbocycles. The predicted molar refractivity (Wildman–Crippen MR) is 77.7 cm³/mol. The minimum absolute atomic E-state index is 0.00581. The first-order valence-electron chi connectivity index (χ1n) is 6.50. The third-order valence-electron chi connectivity index (χ3n) is 3.74. The summed E-state index contributed by atoms with van der Waals surface area (Å²) < 4.78 is 0. The summed E-state index contributed by atoms with van der Waals surface area (Å²) in [6.07, 6.45) is 4.79. The molecule has 2 atom stereocenters. The maximum atomic E-state index is 12.6. The number of thioether (sulfide) groups is 1. The zero-order valence-corrected chi connectivity index (χ0v) is 12.1. The summed E-state index contributed by atoms with van der Waals surface area (Å²) in [7, 11) is 0. The maximum Gasteiger partial charge on any atom is 0.246 e. The van der Waals surface area contributed by atoms with Gasteiger partial charge in [0.05, 0.1) is 4.87 Å². The predicted octanol–water partition coefficient (Wildman–Crippen LogP) is 1.64. The molecule has 0 N–H and O–H groups in total. The van der Waals surface area contributed by atoms with Crippen LogP contribution in [0.4, 0.5) is 0 Å². The molecule has 2 rings (SSSR count). The zero-order chi connectivity index (χ0) is 14.0. The quantitative estimate of drug-likeness (QED) is 0.719. The van der Waals surface area contributed by atoms with Gasteiger partial charge in [0, 0.05) is 25.3 Å². The molecule has 2 aliphatic rings. The molecule has 0 spiro atoms. The van der Waals surface area contributed by atoms with Crippen molar-refractivity contribution in [2.45, 2.75) is 30.7 Å². The van der Waals surface area contributed by atoms with Gasteiger partial charge in [0.25, 0.3) is 0 Å². The van der Waals surface area contributed by atoms with Gasteiger partial charge in [-0.25, -0.2) is 0 Å². The van der Waals surface area contributed by atoms with Gasteiger partial charge in [-0.15, -0.1) is 24.9 Å². The van der Waals surface area contributed by atoms with Gasteiger partial charge in [-0.05, 0) is 13.3 Å². The molecular formula is C14H20N2O2S. The van der Waals surface area contributed by atoms with Crippen molar-refractivity contribution in [3.8, 4) is 0 Å². The van der Waals surface area contributed by atoms with Crippen LogP contribution in [0.15, 0.2) is 25.3 Å². The van der Waals surface area contributed by atoms with Crippen LogP contribution >= 0.6 is 11.8 Å². The maximum absolute atomic E-state index is 12.6. The molecule has 2 fully saturated rings. The Morgan fingerprint density at radius 2 is 2.16 bits per heavy atom. The second kappa shape index (κ2) is 5.41. The summed E-state index contributed by atoms with van der Waals surface area (Å²) in [5.74, 6) is 0.792. The molecule has 0 aliphatic carbocycles. The molecule has 2 heterocycles. The molecule has 2 aliphatic heterocycles. The Kier molecular flexibility index (Phi) is 4.04. The van der Waals surface area contributed by atoms with Gasteiger partial charge in [-0.3, -0.25) is 9.59 Å². The topological polar surface area (TPSA) is 40.6 Å². The molecule has 0 radical (unpaired) electrons. The molecule has 104 valence electrons. The van der Waals surface area contributed by atoms with Crippen LogP contribution in [-0.4, -0.2) is 51.4 Å². The first-order valence-corrected chi connectivity index (χ1v) is 7.49. The number of fused-ring (bicyclic) bond motifs is 1. The van der Waals surface area contributed by atoms with Crippen molar-refractivity contribution in [2.24, 2.45) is 0 Å². The van der Waals surface area contributed by atoms with Crippen LogP contribution in [0.5, 0.6) is 0 Å². The first-order chi connectivity index (χ1) is 9.03. The Bertz CT molecular complexity index is 414.